The third-order valence-electron chi connectivity index (χ3n) is 4.21. The zero-order valence-electron chi connectivity index (χ0n) is 15.7. The average molecular weight is 447 g/mol. The monoisotopic (exact) mass is 446 g/mol. The number of nitrogens with one attached hydrogen (secondary N) is 1. The minimum Gasteiger partial charge on any atom is -0.478 e. The molecule has 7 nitrogen and oxygen atoms in total. The van der Waals surface area contributed by atoms with Crippen molar-refractivity contribution >= 4 is 33.3 Å². The van der Waals surface area contributed by atoms with Crippen molar-refractivity contribution in [1.29, 1.82) is 0 Å². The van der Waals surface area contributed by atoms with Gasteiger partial charge in [-0.05, 0) is 48.4 Å². The van der Waals surface area contributed by atoms with Gasteiger partial charge in [0.05, 0.1) is 11.3 Å². The molecule has 3 aromatic rings. The van der Waals surface area contributed by atoms with Gasteiger partial charge < -0.3 is 15.2 Å². The number of benzene rings is 3. The van der Waals surface area contributed by atoms with Gasteiger partial charge in [0.25, 0.3) is 0 Å². The minimum atomic E-state index is -4.27. The number of aromatic carboxylic acids is 1. The molecule has 0 aliphatic rings. The molecule has 0 fully saturated rings. The minimum absolute atomic E-state index is 0.0853. The second kappa shape index (κ2) is 9.17. The van der Waals surface area contributed by atoms with Crippen LogP contribution in [0.3, 0.4) is 0 Å². The Hall–Kier alpha value is -3.07. The molecule has 156 valence electrons. The summed E-state index contributed by atoms with van der Waals surface area (Å²) in [7, 11) is -4.27. The second-order valence-electron chi connectivity index (χ2n) is 6.42. The molecule has 0 atom stereocenters. The molecule has 0 saturated carbocycles. The van der Waals surface area contributed by atoms with E-state index in [9.17, 15) is 18.3 Å². The van der Waals surface area contributed by atoms with Crippen molar-refractivity contribution in [3.63, 3.8) is 0 Å². The summed E-state index contributed by atoms with van der Waals surface area (Å²) in [6, 6.07) is 18.2. The van der Waals surface area contributed by atoms with E-state index in [1.165, 1.54) is 6.07 Å². The maximum absolute atomic E-state index is 12.2. The highest BCUT2D eigenvalue weighted by molar-refractivity contribution is 7.89. The molecule has 0 aliphatic heterocycles. The van der Waals surface area contributed by atoms with E-state index >= 15 is 0 Å². The molecule has 0 bridgehead atoms. The third kappa shape index (κ3) is 5.50. The molecule has 3 aromatic carbocycles. The van der Waals surface area contributed by atoms with Crippen LogP contribution < -0.4 is 15.2 Å². The van der Waals surface area contributed by atoms with E-state index in [-0.39, 0.29) is 17.0 Å². The van der Waals surface area contributed by atoms with Crippen molar-refractivity contribution in [2.45, 2.75) is 11.3 Å². The van der Waals surface area contributed by atoms with Gasteiger partial charge in [-0.2, -0.15) is 0 Å². The summed E-state index contributed by atoms with van der Waals surface area (Å²) in [5.41, 5.74) is 1.03. The standard InChI is InChI=1S/C21H19ClN2O5S/c22-16-6-8-17(9-7-16)29-20-18(24-11-10-14-4-2-1-3-5-14)12-15(21(25)26)13-19(20)30(23,27)28/h1-9,12-13,24H,10-11H2,(H,25,26)(H2,23,27,28). The largest absolute Gasteiger partial charge is 0.478 e. The fourth-order valence-electron chi connectivity index (χ4n) is 2.78. The van der Waals surface area contributed by atoms with Crippen LogP contribution in [-0.4, -0.2) is 26.0 Å². The van der Waals surface area contributed by atoms with E-state index in [2.05, 4.69) is 5.32 Å². The molecule has 0 spiro atoms. The van der Waals surface area contributed by atoms with Crippen LogP contribution in [0.25, 0.3) is 0 Å². The van der Waals surface area contributed by atoms with Crippen LogP contribution in [-0.2, 0) is 16.4 Å². The highest BCUT2D eigenvalue weighted by Gasteiger charge is 2.23. The number of carbonyl (C=O) groups is 1. The first kappa shape index (κ1) is 21.6. The Morgan fingerprint density at radius 1 is 1.07 bits per heavy atom. The molecular weight excluding hydrogens is 428 g/mol. The van der Waals surface area contributed by atoms with Crippen LogP contribution in [0, 0.1) is 0 Å². The summed E-state index contributed by atoms with van der Waals surface area (Å²) in [5.74, 6) is -1.06. The van der Waals surface area contributed by atoms with Gasteiger partial charge in [0.15, 0.2) is 5.75 Å². The lowest BCUT2D eigenvalue weighted by Crippen LogP contribution is -2.16. The maximum Gasteiger partial charge on any atom is 0.335 e. The number of carboxylic acids is 1. The number of nitrogens with two attached hydrogens (primary N) is 1. The van der Waals surface area contributed by atoms with E-state index in [1.54, 1.807) is 24.3 Å². The summed E-state index contributed by atoms with van der Waals surface area (Å²) in [4.78, 5) is 11.1. The Balaban J connectivity index is 2.00. The highest BCUT2D eigenvalue weighted by atomic mass is 35.5. The molecule has 0 radical (unpaired) electrons. The van der Waals surface area contributed by atoms with Crippen molar-refractivity contribution < 1.29 is 23.1 Å². The van der Waals surface area contributed by atoms with Crippen molar-refractivity contribution in [2.24, 2.45) is 5.14 Å². The van der Waals surface area contributed by atoms with Crippen LogP contribution in [0.5, 0.6) is 11.5 Å². The van der Waals surface area contributed by atoms with Gasteiger partial charge in [0, 0.05) is 11.6 Å². The fourth-order valence-corrected chi connectivity index (χ4v) is 3.61. The summed E-state index contributed by atoms with van der Waals surface area (Å²) in [5, 5.41) is 18.3. The van der Waals surface area contributed by atoms with E-state index < -0.39 is 20.9 Å². The quantitative estimate of drug-likeness (QED) is 0.478. The molecule has 4 N–H and O–H groups in total. The normalized spacial score (nSPS) is 11.1. The Morgan fingerprint density at radius 2 is 1.73 bits per heavy atom. The smallest absolute Gasteiger partial charge is 0.335 e. The second-order valence-corrected chi connectivity index (χ2v) is 8.39. The first-order valence-corrected chi connectivity index (χ1v) is 10.8. The van der Waals surface area contributed by atoms with E-state index in [0.717, 1.165) is 11.6 Å². The Morgan fingerprint density at radius 3 is 2.33 bits per heavy atom. The topological polar surface area (TPSA) is 119 Å². The maximum atomic E-state index is 12.2. The molecule has 0 saturated heterocycles. The zero-order valence-corrected chi connectivity index (χ0v) is 17.3. The summed E-state index contributed by atoms with van der Waals surface area (Å²) >= 11 is 5.88. The predicted molar refractivity (Wildman–Crippen MR) is 115 cm³/mol. The number of anilines is 1. The molecule has 0 aliphatic carbocycles. The van der Waals surface area contributed by atoms with Crippen LogP contribution in [0.15, 0.2) is 71.6 Å². The summed E-state index contributed by atoms with van der Waals surface area (Å²) < 4.78 is 30.1. The molecule has 3 rings (SSSR count). The number of hydrogen-bond donors (Lipinski definition) is 3. The lowest BCUT2D eigenvalue weighted by atomic mass is 10.1. The van der Waals surface area contributed by atoms with Crippen LogP contribution >= 0.6 is 11.6 Å². The SMILES string of the molecule is NS(=O)(=O)c1cc(C(=O)O)cc(NCCc2ccccc2)c1Oc1ccc(Cl)cc1. The number of ether oxygens (including phenoxy) is 1. The molecule has 0 heterocycles. The van der Waals surface area contributed by atoms with Gasteiger partial charge in [0.1, 0.15) is 10.6 Å². The Kier molecular flexibility index (Phi) is 6.61. The third-order valence-corrected chi connectivity index (χ3v) is 5.38. The van der Waals surface area contributed by atoms with E-state index in [1.807, 2.05) is 30.3 Å². The number of primary sulfonamides is 1. The van der Waals surface area contributed by atoms with Crippen molar-refractivity contribution in [3.8, 4) is 11.5 Å². The lowest BCUT2D eigenvalue weighted by molar-refractivity contribution is 0.0696. The van der Waals surface area contributed by atoms with Gasteiger partial charge >= 0.3 is 5.97 Å². The van der Waals surface area contributed by atoms with Gasteiger partial charge in [-0.25, -0.2) is 18.4 Å². The van der Waals surface area contributed by atoms with Gasteiger partial charge in [-0.1, -0.05) is 41.9 Å². The Labute approximate surface area is 179 Å². The molecule has 0 unspecified atom stereocenters. The summed E-state index contributed by atoms with van der Waals surface area (Å²) in [6.45, 7) is 0.411. The number of rotatable bonds is 8. The Bertz CT molecular complexity index is 1150. The van der Waals surface area contributed by atoms with E-state index in [0.29, 0.717) is 23.7 Å². The molecule has 0 aromatic heterocycles. The first-order valence-electron chi connectivity index (χ1n) is 8.89. The van der Waals surface area contributed by atoms with Crippen LogP contribution in [0.2, 0.25) is 5.02 Å². The zero-order chi connectivity index (χ0) is 21.7. The predicted octanol–water partition coefficient (Wildman–Crippen LogP) is 4.13. The number of sulfonamides is 1. The summed E-state index contributed by atoms with van der Waals surface area (Å²) in [6.07, 6.45) is 0.628. The van der Waals surface area contributed by atoms with Crippen molar-refractivity contribution in [2.75, 3.05) is 11.9 Å². The fraction of sp³-hybridized carbons (Fsp3) is 0.0952. The number of halogens is 1. The van der Waals surface area contributed by atoms with Crippen molar-refractivity contribution in [3.05, 3.63) is 82.9 Å². The lowest BCUT2D eigenvalue weighted by Gasteiger charge is -2.17. The van der Waals surface area contributed by atoms with E-state index in [4.69, 9.17) is 21.5 Å². The van der Waals surface area contributed by atoms with Crippen LogP contribution in [0.4, 0.5) is 5.69 Å². The number of carboxylic acid groups (broad SMARTS) is 1. The van der Waals surface area contributed by atoms with Gasteiger partial charge in [0.2, 0.25) is 10.0 Å². The van der Waals surface area contributed by atoms with Crippen molar-refractivity contribution in [1.82, 2.24) is 0 Å². The van der Waals surface area contributed by atoms with Crippen LogP contribution in [0.1, 0.15) is 15.9 Å². The molecule has 0 amide bonds. The molecule has 9 heteroatoms. The average Bonchev–Trinajstić information content (AvgIpc) is 2.70. The van der Waals surface area contributed by atoms with Gasteiger partial charge in [-0.3, -0.25) is 0 Å². The first-order chi connectivity index (χ1) is 14.2. The highest BCUT2D eigenvalue weighted by Crippen LogP contribution is 2.37. The number of hydrogen-bond acceptors (Lipinski definition) is 5. The molecular formula is C21H19ClN2O5S. The molecule has 30 heavy (non-hydrogen) atoms. The van der Waals surface area contributed by atoms with Gasteiger partial charge in [-0.15, -0.1) is 0 Å².